The number of morpholine rings is 1. The summed E-state index contributed by atoms with van der Waals surface area (Å²) in [7, 11) is -3.48. The van der Waals surface area contributed by atoms with Gasteiger partial charge in [0.15, 0.2) is 6.29 Å². The fourth-order valence-electron chi connectivity index (χ4n) is 1.93. The third-order valence-corrected chi connectivity index (χ3v) is 4.53. The molecule has 0 radical (unpaired) electrons. The van der Waals surface area contributed by atoms with Gasteiger partial charge in [0, 0.05) is 17.6 Å². The van der Waals surface area contributed by atoms with E-state index in [0.29, 0.717) is 18.2 Å². The van der Waals surface area contributed by atoms with Crippen molar-refractivity contribution < 1.29 is 17.3 Å². The molecule has 1 aliphatic heterocycles. The lowest BCUT2D eigenvalue weighted by Gasteiger charge is -2.29. The second kappa shape index (κ2) is 6.87. The van der Waals surface area contributed by atoms with Crippen LogP contribution in [-0.4, -0.2) is 39.7 Å². The van der Waals surface area contributed by atoms with E-state index in [-0.39, 0.29) is 11.8 Å². The van der Waals surface area contributed by atoms with E-state index in [0.717, 1.165) is 12.0 Å². The van der Waals surface area contributed by atoms with E-state index in [9.17, 15) is 8.42 Å². The van der Waals surface area contributed by atoms with E-state index in [2.05, 4.69) is 5.32 Å². The smallest absolute Gasteiger partial charge is 0.269 e. The molecule has 1 heterocycles. The number of rotatable bonds is 5. The molecule has 20 heavy (non-hydrogen) atoms. The fourth-order valence-corrected chi connectivity index (χ4v) is 2.65. The average Bonchev–Trinajstić information content (AvgIpc) is 2.43. The van der Waals surface area contributed by atoms with Crippen LogP contribution < -0.4 is 5.32 Å². The molecule has 2 atom stereocenters. The van der Waals surface area contributed by atoms with Crippen LogP contribution in [0.5, 0.6) is 0 Å². The highest BCUT2D eigenvalue weighted by molar-refractivity contribution is 7.86. The number of halogens is 1. The molecule has 1 aromatic carbocycles. The predicted molar refractivity (Wildman–Crippen MR) is 77.2 cm³/mol. The van der Waals surface area contributed by atoms with Gasteiger partial charge in [-0.1, -0.05) is 23.7 Å². The quantitative estimate of drug-likeness (QED) is 0.834. The molecule has 1 saturated heterocycles. The number of hydrogen-bond acceptors (Lipinski definition) is 5. The second-order valence-corrected chi connectivity index (χ2v) is 6.96. The summed E-state index contributed by atoms with van der Waals surface area (Å²) in [5, 5.41) is 3.94. The Hall–Kier alpha value is -0.660. The summed E-state index contributed by atoms with van der Waals surface area (Å²) >= 11 is 5.84. The first kappa shape index (κ1) is 15.7. The number of nitrogens with one attached hydrogen (secondary N) is 1. The summed E-state index contributed by atoms with van der Waals surface area (Å²) in [6.45, 7) is 2.30. The van der Waals surface area contributed by atoms with Gasteiger partial charge < -0.3 is 10.1 Å². The average molecular weight is 320 g/mol. The summed E-state index contributed by atoms with van der Waals surface area (Å²) < 4.78 is 33.0. The molecule has 1 N–H and O–H groups in total. The molecule has 0 amide bonds. The molecule has 0 saturated carbocycles. The van der Waals surface area contributed by atoms with E-state index >= 15 is 0 Å². The highest BCUT2D eigenvalue weighted by atomic mass is 35.5. The Labute approximate surface area is 124 Å². The maximum absolute atomic E-state index is 11.3. The van der Waals surface area contributed by atoms with Gasteiger partial charge in [0.2, 0.25) is 0 Å². The van der Waals surface area contributed by atoms with Crippen molar-refractivity contribution in [2.75, 3.05) is 18.9 Å². The molecule has 1 aromatic rings. The molecule has 1 aliphatic rings. The standard InChI is InChI=1S/C13H18ClNO4S/c1-2-20(16,17)19-13-8-15-12(9-18-13)7-10-3-5-11(14)6-4-10/h3-6,12-13,15H,2,7-9H2,1H3/t12-,13+/m0/s1. The van der Waals surface area contributed by atoms with E-state index in [4.69, 9.17) is 20.5 Å². The van der Waals surface area contributed by atoms with Crippen LogP contribution in [0.2, 0.25) is 5.02 Å². The zero-order valence-electron chi connectivity index (χ0n) is 11.2. The first-order chi connectivity index (χ1) is 9.48. The van der Waals surface area contributed by atoms with E-state index in [1.54, 1.807) is 0 Å². The Kier molecular flexibility index (Phi) is 5.40. The monoisotopic (exact) mass is 319 g/mol. The predicted octanol–water partition coefficient (Wildman–Crippen LogP) is 1.56. The topological polar surface area (TPSA) is 64.6 Å². The van der Waals surface area contributed by atoms with Crippen molar-refractivity contribution in [3.05, 3.63) is 34.9 Å². The zero-order chi connectivity index (χ0) is 14.6. The van der Waals surface area contributed by atoms with Crippen LogP contribution in [0.3, 0.4) is 0 Å². The Morgan fingerprint density at radius 3 is 2.65 bits per heavy atom. The Bertz CT molecular complexity index is 524. The second-order valence-electron chi connectivity index (χ2n) is 4.64. The van der Waals surface area contributed by atoms with Crippen LogP contribution in [0, 0.1) is 0 Å². The third kappa shape index (κ3) is 4.71. The van der Waals surface area contributed by atoms with Gasteiger partial charge in [0.25, 0.3) is 10.1 Å². The van der Waals surface area contributed by atoms with Crippen LogP contribution in [0.1, 0.15) is 12.5 Å². The number of benzene rings is 1. The van der Waals surface area contributed by atoms with Crippen LogP contribution >= 0.6 is 11.6 Å². The molecule has 112 valence electrons. The summed E-state index contributed by atoms with van der Waals surface area (Å²) in [6.07, 6.45) is 0.0612. The van der Waals surface area contributed by atoms with Gasteiger partial charge >= 0.3 is 0 Å². The molecule has 0 bridgehead atoms. The summed E-state index contributed by atoms with van der Waals surface area (Å²) in [6, 6.07) is 7.77. The van der Waals surface area contributed by atoms with Crippen molar-refractivity contribution in [2.24, 2.45) is 0 Å². The van der Waals surface area contributed by atoms with Crippen LogP contribution in [0.15, 0.2) is 24.3 Å². The van der Waals surface area contributed by atoms with Gasteiger partial charge in [-0.2, -0.15) is 8.42 Å². The highest BCUT2D eigenvalue weighted by Gasteiger charge is 2.25. The molecule has 2 rings (SSSR count). The Balaban J connectivity index is 1.81. The van der Waals surface area contributed by atoms with Crippen LogP contribution in [0.4, 0.5) is 0 Å². The summed E-state index contributed by atoms with van der Waals surface area (Å²) in [5.74, 6) is -0.0545. The minimum absolute atomic E-state index is 0.0545. The van der Waals surface area contributed by atoms with Crippen molar-refractivity contribution in [1.29, 1.82) is 0 Å². The molecule has 1 fully saturated rings. The van der Waals surface area contributed by atoms with E-state index < -0.39 is 16.4 Å². The van der Waals surface area contributed by atoms with Gasteiger partial charge in [-0.05, 0) is 31.0 Å². The van der Waals surface area contributed by atoms with Gasteiger partial charge in [-0.3, -0.25) is 0 Å². The molecule has 5 nitrogen and oxygen atoms in total. The molecule has 0 aromatic heterocycles. The van der Waals surface area contributed by atoms with Crippen molar-refractivity contribution in [3.8, 4) is 0 Å². The van der Waals surface area contributed by atoms with Crippen molar-refractivity contribution in [1.82, 2.24) is 5.32 Å². The van der Waals surface area contributed by atoms with Gasteiger partial charge in [-0.25, -0.2) is 4.18 Å². The van der Waals surface area contributed by atoms with Crippen LogP contribution in [0.25, 0.3) is 0 Å². The lowest BCUT2D eigenvalue weighted by Crippen LogP contribution is -2.48. The third-order valence-electron chi connectivity index (χ3n) is 3.06. The van der Waals surface area contributed by atoms with E-state index in [1.807, 2.05) is 24.3 Å². The number of hydrogen-bond donors (Lipinski definition) is 1. The lowest BCUT2D eigenvalue weighted by molar-refractivity contribution is -0.105. The molecule has 0 spiro atoms. The molecule has 0 unspecified atom stereocenters. The zero-order valence-corrected chi connectivity index (χ0v) is 12.8. The maximum atomic E-state index is 11.3. The van der Waals surface area contributed by atoms with Crippen molar-refractivity contribution >= 4 is 21.7 Å². The highest BCUT2D eigenvalue weighted by Crippen LogP contribution is 2.14. The summed E-state index contributed by atoms with van der Waals surface area (Å²) in [4.78, 5) is 0. The lowest BCUT2D eigenvalue weighted by atomic mass is 10.1. The SMILES string of the molecule is CCS(=O)(=O)O[C@@H]1CN[C@@H](Cc2ccc(Cl)cc2)CO1. The first-order valence-corrected chi connectivity index (χ1v) is 8.44. The molecular weight excluding hydrogens is 302 g/mol. The number of ether oxygens (including phenoxy) is 1. The fraction of sp³-hybridized carbons (Fsp3) is 0.538. The largest absolute Gasteiger partial charge is 0.348 e. The van der Waals surface area contributed by atoms with Crippen LogP contribution in [-0.2, 0) is 25.5 Å². The first-order valence-electron chi connectivity index (χ1n) is 6.49. The van der Waals surface area contributed by atoms with Crippen molar-refractivity contribution in [2.45, 2.75) is 25.7 Å². The molecule has 7 heteroatoms. The van der Waals surface area contributed by atoms with Gasteiger partial charge in [0.1, 0.15) is 0 Å². The van der Waals surface area contributed by atoms with Crippen molar-refractivity contribution in [3.63, 3.8) is 0 Å². The van der Waals surface area contributed by atoms with Gasteiger partial charge in [-0.15, -0.1) is 0 Å². The minimum Gasteiger partial charge on any atom is -0.348 e. The summed E-state index contributed by atoms with van der Waals surface area (Å²) in [5.41, 5.74) is 1.15. The molecular formula is C13H18ClNO4S. The Morgan fingerprint density at radius 2 is 2.10 bits per heavy atom. The van der Waals surface area contributed by atoms with E-state index in [1.165, 1.54) is 6.92 Å². The molecule has 0 aliphatic carbocycles. The van der Waals surface area contributed by atoms with Gasteiger partial charge in [0.05, 0.1) is 12.4 Å². The normalized spacial score (nSPS) is 23.7. The Morgan fingerprint density at radius 1 is 1.40 bits per heavy atom. The minimum atomic E-state index is -3.48. The maximum Gasteiger partial charge on any atom is 0.269 e.